The maximum absolute atomic E-state index is 12.9. The van der Waals surface area contributed by atoms with E-state index in [1.165, 1.54) is 49.7 Å². The number of rotatable bonds is 7. The average molecular weight is 459 g/mol. The smallest absolute Gasteiger partial charge is 0.226 e. The Kier molecular flexibility index (Phi) is 7.94. The zero-order valence-corrected chi connectivity index (χ0v) is 20.6. The molecule has 3 aliphatic rings. The number of hydrogen-bond donors (Lipinski definition) is 0. The molecule has 2 aliphatic carbocycles. The summed E-state index contributed by atoms with van der Waals surface area (Å²) >= 11 is 6.48. The van der Waals surface area contributed by atoms with Crippen LogP contribution in [0.1, 0.15) is 81.4 Å². The number of ketones is 1. The zero-order chi connectivity index (χ0) is 22.7. The summed E-state index contributed by atoms with van der Waals surface area (Å²) in [4.78, 5) is 30.1. The molecule has 0 unspecified atom stereocenters. The normalized spacial score (nSPS) is 23.2. The van der Waals surface area contributed by atoms with Crippen LogP contribution in [0.15, 0.2) is 12.1 Å². The lowest BCUT2D eigenvalue weighted by Gasteiger charge is -2.41. The Hall–Kier alpha value is -1.39. The molecule has 176 valence electrons. The summed E-state index contributed by atoms with van der Waals surface area (Å²) in [6.07, 6.45) is 10.7. The lowest BCUT2D eigenvalue weighted by atomic mass is 9.93. The Morgan fingerprint density at radius 3 is 2.34 bits per heavy atom. The predicted octanol–water partition coefficient (Wildman–Crippen LogP) is 5.56. The van der Waals surface area contributed by atoms with Crippen LogP contribution in [0.2, 0.25) is 5.02 Å². The van der Waals surface area contributed by atoms with Crippen LogP contribution >= 0.6 is 11.6 Å². The molecule has 1 aromatic rings. The van der Waals surface area contributed by atoms with Crippen molar-refractivity contribution in [2.75, 3.05) is 19.6 Å². The molecule has 1 amide bonds. The molecule has 1 aliphatic heterocycles. The quantitative estimate of drug-likeness (QED) is 0.536. The van der Waals surface area contributed by atoms with E-state index in [0.29, 0.717) is 24.0 Å². The van der Waals surface area contributed by atoms with Gasteiger partial charge in [-0.25, -0.2) is 0 Å². The third kappa shape index (κ3) is 5.75. The molecule has 2 saturated carbocycles. The lowest BCUT2D eigenvalue weighted by molar-refractivity contribution is -0.140. The van der Waals surface area contributed by atoms with Gasteiger partial charge >= 0.3 is 0 Å². The van der Waals surface area contributed by atoms with Crippen LogP contribution in [0.25, 0.3) is 0 Å². The summed E-state index contributed by atoms with van der Waals surface area (Å²) < 4.78 is 0. The van der Waals surface area contributed by atoms with Crippen LogP contribution in [-0.4, -0.2) is 47.2 Å². The van der Waals surface area contributed by atoms with Crippen molar-refractivity contribution in [3.05, 3.63) is 33.8 Å². The fourth-order valence-electron chi connectivity index (χ4n) is 6.12. The van der Waals surface area contributed by atoms with Crippen molar-refractivity contribution in [2.45, 2.75) is 90.6 Å². The summed E-state index contributed by atoms with van der Waals surface area (Å²) in [6, 6.07) is 4.28. The minimum Gasteiger partial charge on any atom is -0.337 e. The lowest BCUT2D eigenvalue weighted by Crippen LogP contribution is -2.54. The van der Waals surface area contributed by atoms with Crippen molar-refractivity contribution in [1.29, 1.82) is 0 Å². The fraction of sp³-hybridized carbons (Fsp3) is 0.704. The second-order valence-corrected chi connectivity index (χ2v) is 11.0. The molecule has 4 nitrogen and oxygen atoms in total. The highest BCUT2D eigenvalue weighted by Gasteiger charge is 2.33. The van der Waals surface area contributed by atoms with Crippen molar-refractivity contribution in [1.82, 2.24) is 9.80 Å². The number of Topliss-reactive ketones (excluding diaryl/α,β-unsaturated/α-hetero) is 1. The summed E-state index contributed by atoms with van der Waals surface area (Å²) in [5.41, 5.74) is 3.49. The number of nitrogens with zero attached hydrogens (tertiary/aromatic N) is 2. The summed E-state index contributed by atoms with van der Waals surface area (Å²) in [5, 5.41) is 0.720. The Balaban J connectivity index is 1.36. The number of halogens is 1. The summed E-state index contributed by atoms with van der Waals surface area (Å²) in [5.74, 6) is 1.56. The highest BCUT2D eigenvalue weighted by Crippen LogP contribution is 2.30. The predicted molar refractivity (Wildman–Crippen MR) is 130 cm³/mol. The van der Waals surface area contributed by atoms with Gasteiger partial charge in [0.15, 0.2) is 0 Å². The van der Waals surface area contributed by atoms with Crippen LogP contribution in [-0.2, 0) is 22.6 Å². The van der Waals surface area contributed by atoms with E-state index in [-0.39, 0.29) is 12.0 Å². The number of piperazine rings is 1. The average Bonchev–Trinajstić information content (AvgIpc) is 3.45. The van der Waals surface area contributed by atoms with Gasteiger partial charge in [-0.2, -0.15) is 0 Å². The molecule has 5 heteroatoms. The molecule has 0 radical (unpaired) electrons. The minimum absolute atomic E-state index is 0.240. The van der Waals surface area contributed by atoms with Gasteiger partial charge in [0.1, 0.15) is 5.78 Å². The molecule has 0 aromatic heterocycles. The first kappa shape index (κ1) is 23.8. The van der Waals surface area contributed by atoms with E-state index in [9.17, 15) is 9.59 Å². The van der Waals surface area contributed by atoms with Crippen molar-refractivity contribution in [3.63, 3.8) is 0 Å². The number of amides is 1. The van der Waals surface area contributed by atoms with Crippen molar-refractivity contribution in [2.24, 2.45) is 11.8 Å². The van der Waals surface area contributed by atoms with Gasteiger partial charge in [0.2, 0.25) is 5.91 Å². The molecule has 1 heterocycles. The van der Waals surface area contributed by atoms with Crippen molar-refractivity contribution in [3.8, 4) is 0 Å². The second-order valence-electron chi connectivity index (χ2n) is 10.5. The van der Waals surface area contributed by atoms with E-state index in [1.54, 1.807) is 0 Å². The second kappa shape index (κ2) is 10.7. The molecule has 1 atom stereocenters. The van der Waals surface area contributed by atoms with Gasteiger partial charge in [0.05, 0.1) is 0 Å². The highest BCUT2D eigenvalue weighted by molar-refractivity contribution is 6.30. The van der Waals surface area contributed by atoms with E-state index < -0.39 is 0 Å². The Labute approximate surface area is 198 Å². The third-order valence-corrected chi connectivity index (χ3v) is 8.28. The Morgan fingerprint density at radius 2 is 1.66 bits per heavy atom. The summed E-state index contributed by atoms with van der Waals surface area (Å²) in [7, 11) is 0. The van der Waals surface area contributed by atoms with E-state index in [2.05, 4.69) is 29.7 Å². The van der Waals surface area contributed by atoms with Crippen LogP contribution in [0.3, 0.4) is 0 Å². The van der Waals surface area contributed by atoms with Gasteiger partial charge in [-0.3, -0.25) is 14.5 Å². The highest BCUT2D eigenvalue weighted by atomic mass is 35.5. The van der Waals surface area contributed by atoms with Crippen molar-refractivity contribution < 1.29 is 9.59 Å². The molecule has 1 saturated heterocycles. The van der Waals surface area contributed by atoms with Crippen LogP contribution in [0, 0.1) is 18.8 Å². The zero-order valence-electron chi connectivity index (χ0n) is 19.9. The number of carbonyl (C=O) groups is 2. The first-order chi connectivity index (χ1) is 15.4. The SMILES string of the molecule is Cc1c(CC(=O)CC2CCCC2)cc(Cl)cc1CN1CCN(C(=O)C2CCCC2)[C@@H](C)C1. The van der Waals surface area contributed by atoms with Crippen LogP contribution < -0.4 is 0 Å². The van der Waals surface area contributed by atoms with Gasteiger partial charge in [-0.15, -0.1) is 0 Å². The van der Waals surface area contributed by atoms with Crippen LogP contribution in [0.5, 0.6) is 0 Å². The largest absolute Gasteiger partial charge is 0.337 e. The molecule has 4 rings (SSSR count). The Morgan fingerprint density at radius 1 is 1.00 bits per heavy atom. The van der Waals surface area contributed by atoms with E-state index >= 15 is 0 Å². The molecule has 32 heavy (non-hydrogen) atoms. The van der Waals surface area contributed by atoms with Gasteiger partial charge in [0.25, 0.3) is 0 Å². The molecule has 3 fully saturated rings. The monoisotopic (exact) mass is 458 g/mol. The molecule has 0 bridgehead atoms. The van der Waals surface area contributed by atoms with Crippen molar-refractivity contribution >= 4 is 23.3 Å². The van der Waals surface area contributed by atoms with Gasteiger partial charge in [-0.05, 0) is 61.4 Å². The van der Waals surface area contributed by atoms with Gasteiger partial charge in [0, 0.05) is 56.0 Å². The number of carbonyl (C=O) groups excluding carboxylic acids is 2. The molecule has 0 N–H and O–H groups in total. The van der Waals surface area contributed by atoms with E-state index in [0.717, 1.165) is 56.0 Å². The number of benzene rings is 1. The van der Waals surface area contributed by atoms with E-state index in [1.807, 2.05) is 6.07 Å². The van der Waals surface area contributed by atoms with E-state index in [4.69, 9.17) is 11.6 Å². The fourth-order valence-corrected chi connectivity index (χ4v) is 6.38. The maximum atomic E-state index is 12.9. The first-order valence-electron chi connectivity index (χ1n) is 12.7. The van der Waals surface area contributed by atoms with Gasteiger partial charge in [-0.1, -0.05) is 50.1 Å². The standard InChI is InChI=1S/C27H39ClN2O2/c1-19-17-29(11-12-30(19)27(32)22-9-5-6-10-22)18-24-15-25(28)14-23(20(24)2)16-26(31)13-21-7-3-4-8-21/h14-15,19,21-22H,3-13,16-18H2,1-2H3/t19-/m0/s1. The molecular formula is C27H39ClN2O2. The van der Waals surface area contributed by atoms with Gasteiger partial charge < -0.3 is 4.90 Å². The topological polar surface area (TPSA) is 40.6 Å². The first-order valence-corrected chi connectivity index (χ1v) is 13.1. The number of hydrogen-bond acceptors (Lipinski definition) is 3. The Bertz CT molecular complexity index is 827. The molecule has 0 spiro atoms. The molecule has 1 aromatic carbocycles. The molecular weight excluding hydrogens is 420 g/mol. The van der Waals surface area contributed by atoms with Crippen LogP contribution in [0.4, 0.5) is 0 Å². The minimum atomic E-state index is 0.240. The maximum Gasteiger partial charge on any atom is 0.226 e. The summed E-state index contributed by atoms with van der Waals surface area (Å²) in [6.45, 7) is 7.73. The third-order valence-electron chi connectivity index (χ3n) is 8.06.